The zero-order valence-electron chi connectivity index (χ0n) is 23.8. The average Bonchev–Trinajstić information content (AvgIpc) is 3.96. The van der Waals surface area contributed by atoms with E-state index in [0.717, 1.165) is 55.0 Å². The number of hydrogen-bond donors (Lipinski definition) is 1. The van der Waals surface area contributed by atoms with Crippen LogP contribution in [0.2, 0.25) is 0 Å². The van der Waals surface area contributed by atoms with Crippen LogP contribution in [0.3, 0.4) is 0 Å². The minimum Gasteiger partial charge on any atom is -0.493 e. The molecular formula is C36H38O6. The summed E-state index contributed by atoms with van der Waals surface area (Å²) in [5.41, 5.74) is 4.83. The van der Waals surface area contributed by atoms with E-state index in [9.17, 15) is 5.11 Å². The Labute approximate surface area is 247 Å². The standard InChI is InChI=1S/C36H38O6/c37-31(22-39-33-13-5-27(6-14-33)19-26-3-11-32(12-4-26)38-21-30-1-2-30)23-40-34-15-7-28(8-16-34)20-29-9-17-35(18-10-29)41-24-36-25-42-36/h3-18,30-31,36-37H,1-2,19-25H2. The monoisotopic (exact) mass is 566 g/mol. The van der Waals surface area contributed by atoms with Crippen molar-refractivity contribution < 1.29 is 28.8 Å². The average molecular weight is 567 g/mol. The highest BCUT2D eigenvalue weighted by atomic mass is 16.6. The van der Waals surface area contributed by atoms with Crippen LogP contribution in [0.4, 0.5) is 0 Å². The molecule has 0 bridgehead atoms. The highest BCUT2D eigenvalue weighted by molar-refractivity contribution is 5.35. The molecule has 6 nitrogen and oxygen atoms in total. The lowest BCUT2D eigenvalue weighted by atomic mass is 10.0. The second-order valence-corrected chi connectivity index (χ2v) is 11.2. The number of rotatable bonds is 16. The molecule has 1 aliphatic heterocycles. The van der Waals surface area contributed by atoms with Crippen LogP contribution in [0.1, 0.15) is 35.1 Å². The zero-order chi connectivity index (χ0) is 28.6. The van der Waals surface area contributed by atoms with Crippen LogP contribution in [0, 0.1) is 5.92 Å². The van der Waals surface area contributed by atoms with Crippen LogP contribution in [-0.4, -0.2) is 50.3 Å². The maximum atomic E-state index is 10.4. The lowest BCUT2D eigenvalue weighted by Crippen LogP contribution is -2.25. The number of epoxide rings is 1. The molecule has 1 saturated heterocycles. The third kappa shape index (κ3) is 9.00. The van der Waals surface area contributed by atoms with Crippen molar-refractivity contribution in [3.8, 4) is 23.0 Å². The van der Waals surface area contributed by atoms with Gasteiger partial charge in [-0.15, -0.1) is 0 Å². The van der Waals surface area contributed by atoms with E-state index in [4.69, 9.17) is 23.7 Å². The van der Waals surface area contributed by atoms with E-state index in [0.29, 0.717) is 6.61 Å². The Morgan fingerprint density at radius 2 is 0.905 bits per heavy atom. The van der Waals surface area contributed by atoms with Gasteiger partial charge in [0.2, 0.25) is 0 Å². The van der Waals surface area contributed by atoms with Gasteiger partial charge in [-0.3, -0.25) is 0 Å². The molecule has 1 saturated carbocycles. The molecule has 2 unspecified atom stereocenters. The normalized spacial score (nSPS) is 16.5. The first-order valence-corrected chi connectivity index (χ1v) is 14.8. The second kappa shape index (κ2) is 13.8. The molecule has 1 heterocycles. The minimum atomic E-state index is -0.739. The number of ether oxygens (including phenoxy) is 5. The quantitative estimate of drug-likeness (QED) is 0.162. The molecule has 0 amide bonds. The Morgan fingerprint density at radius 1 is 0.548 bits per heavy atom. The van der Waals surface area contributed by atoms with E-state index in [2.05, 4.69) is 48.5 Å². The first kappa shape index (κ1) is 28.1. The van der Waals surface area contributed by atoms with Crippen molar-refractivity contribution in [2.24, 2.45) is 5.92 Å². The fraction of sp³-hybridized carbons (Fsp3) is 0.333. The molecule has 2 fully saturated rings. The summed E-state index contributed by atoms with van der Waals surface area (Å²) in [5, 5.41) is 10.4. The number of aliphatic hydroxyl groups excluding tert-OH is 1. The number of benzene rings is 4. The number of aliphatic hydroxyl groups is 1. The van der Waals surface area contributed by atoms with Crippen molar-refractivity contribution in [2.45, 2.75) is 37.9 Å². The molecular weight excluding hydrogens is 528 g/mol. The maximum absolute atomic E-state index is 10.4. The molecule has 0 radical (unpaired) electrons. The van der Waals surface area contributed by atoms with E-state index in [1.165, 1.54) is 35.1 Å². The first-order valence-electron chi connectivity index (χ1n) is 14.8. The summed E-state index contributed by atoms with van der Waals surface area (Å²) in [6.45, 7) is 2.56. The molecule has 1 N–H and O–H groups in total. The lowest BCUT2D eigenvalue weighted by molar-refractivity contribution is 0.0626. The molecule has 6 heteroatoms. The van der Waals surface area contributed by atoms with Gasteiger partial charge in [0, 0.05) is 0 Å². The maximum Gasteiger partial charge on any atom is 0.122 e. The van der Waals surface area contributed by atoms with Crippen LogP contribution >= 0.6 is 0 Å². The van der Waals surface area contributed by atoms with E-state index in [1.54, 1.807) is 0 Å². The predicted molar refractivity (Wildman–Crippen MR) is 162 cm³/mol. The van der Waals surface area contributed by atoms with Gasteiger partial charge in [0.1, 0.15) is 55.0 Å². The molecule has 6 rings (SSSR count). The van der Waals surface area contributed by atoms with Crippen LogP contribution in [-0.2, 0) is 17.6 Å². The van der Waals surface area contributed by atoms with Crippen molar-refractivity contribution in [3.63, 3.8) is 0 Å². The van der Waals surface area contributed by atoms with Gasteiger partial charge in [-0.1, -0.05) is 48.5 Å². The van der Waals surface area contributed by atoms with Crippen LogP contribution in [0.5, 0.6) is 23.0 Å². The Balaban J connectivity index is 0.884. The zero-order valence-corrected chi connectivity index (χ0v) is 23.8. The first-order chi connectivity index (χ1) is 20.6. The third-order valence-corrected chi connectivity index (χ3v) is 7.42. The summed E-state index contributed by atoms with van der Waals surface area (Å²) in [6, 6.07) is 32.5. The van der Waals surface area contributed by atoms with Crippen LogP contribution in [0.15, 0.2) is 97.1 Å². The van der Waals surface area contributed by atoms with Crippen molar-refractivity contribution in [1.82, 2.24) is 0 Å². The third-order valence-electron chi connectivity index (χ3n) is 7.42. The summed E-state index contributed by atoms with van der Waals surface area (Å²) >= 11 is 0. The summed E-state index contributed by atoms with van der Waals surface area (Å²) in [6.07, 6.45) is 3.78. The predicted octanol–water partition coefficient (Wildman–Crippen LogP) is 6.25. The summed E-state index contributed by atoms with van der Waals surface area (Å²) < 4.78 is 28.3. The van der Waals surface area contributed by atoms with Crippen LogP contribution < -0.4 is 18.9 Å². The van der Waals surface area contributed by atoms with E-state index in [-0.39, 0.29) is 19.3 Å². The topological polar surface area (TPSA) is 69.7 Å². The van der Waals surface area contributed by atoms with Gasteiger partial charge in [0.05, 0.1) is 13.2 Å². The summed E-state index contributed by atoms with van der Waals surface area (Å²) in [7, 11) is 0. The summed E-state index contributed by atoms with van der Waals surface area (Å²) in [5.74, 6) is 4.01. The van der Waals surface area contributed by atoms with Gasteiger partial charge in [-0.25, -0.2) is 0 Å². The fourth-order valence-electron chi connectivity index (χ4n) is 4.57. The Morgan fingerprint density at radius 3 is 1.26 bits per heavy atom. The largest absolute Gasteiger partial charge is 0.493 e. The Kier molecular flexibility index (Phi) is 9.23. The summed E-state index contributed by atoms with van der Waals surface area (Å²) in [4.78, 5) is 0. The molecule has 0 aromatic heterocycles. The van der Waals surface area contributed by atoms with Gasteiger partial charge in [-0.2, -0.15) is 0 Å². The smallest absolute Gasteiger partial charge is 0.122 e. The molecule has 0 spiro atoms. The number of hydrogen-bond acceptors (Lipinski definition) is 6. The molecule has 4 aromatic rings. The van der Waals surface area contributed by atoms with E-state index < -0.39 is 6.10 Å². The van der Waals surface area contributed by atoms with Gasteiger partial charge < -0.3 is 28.8 Å². The van der Waals surface area contributed by atoms with Crippen LogP contribution in [0.25, 0.3) is 0 Å². The highest BCUT2D eigenvalue weighted by Crippen LogP contribution is 2.29. The Bertz CT molecular complexity index is 1270. The molecule has 1 aliphatic carbocycles. The van der Waals surface area contributed by atoms with E-state index in [1.807, 2.05) is 48.5 Å². The molecule has 2 aliphatic rings. The molecule has 218 valence electrons. The fourth-order valence-corrected chi connectivity index (χ4v) is 4.57. The van der Waals surface area contributed by atoms with Crippen molar-refractivity contribution >= 4 is 0 Å². The van der Waals surface area contributed by atoms with E-state index >= 15 is 0 Å². The Hall–Kier alpha value is -4.00. The van der Waals surface area contributed by atoms with Crippen molar-refractivity contribution in [3.05, 3.63) is 119 Å². The molecule has 2 atom stereocenters. The van der Waals surface area contributed by atoms with Gasteiger partial charge in [0.15, 0.2) is 0 Å². The van der Waals surface area contributed by atoms with Gasteiger partial charge in [0.25, 0.3) is 0 Å². The second-order valence-electron chi connectivity index (χ2n) is 11.2. The lowest BCUT2D eigenvalue weighted by Gasteiger charge is -2.14. The van der Waals surface area contributed by atoms with Crippen molar-refractivity contribution in [2.75, 3.05) is 33.0 Å². The van der Waals surface area contributed by atoms with Gasteiger partial charge >= 0.3 is 0 Å². The highest BCUT2D eigenvalue weighted by Gasteiger charge is 2.23. The van der Waals surface area contributed by atoms with Crippen molar-refractivity contribution in [1.29, 1.82) is 0 Å². The minimum absolute atomic E-state index is 0.158. The SMILES string of the molecule is OC(COc1ccc(Cc2ccc(OCC3CC3)cc2)cc1)COc1ccc(Cc2ccc(OCC3CO3)cc2)cc1. The van der Waals surface area contributed by atoms with Gasteiger partial charge in [-0.05, 0) is 102 Å². The molecule has 42 heavy (non-hydrogen) atoms. The molecule has 4 aromatic carbocycles.